The Kier molecular flexibility index (Phi) is 4.14. The van der Waals surface area contributed by atoms with Gasteiger partial charge in [0.05, 0.1) is 11.4 Å². The maximum atomic E-state index is 11.2. The van der Waals surface area contributed by atoms with E-state index in [0.29, 0.717) is 5.75 Å². The van der Waals surface area contributed by atoms with Gasteiger partial charge in [-0.3, -0.25) is 14.7 Å². The fourth-order valence-electron chi connectivity index (χ4n) is 2.57. The first-order chi connectivity index (χ1) is 10.1. The molecular formula is C14H16N2O3S2. The molecule has 2 N–H and O–H groups in total. The number of carboxylic acid groups (broad SMARTS) is 1. The molecule has 0 spiro atoms. The molecule has 1 aromatic rings. The van der Waals surface area contributed by atoms with Gasteiger partial charge >= 0.3 is 5.97 Å². The molecule has 0 bridgehead atoms. The van der Waals surface area contributed by atoms with Crippen molar-refractivity contribution in [3.05, 3.63) is 29.8 Å². The van der Waals surface area contributed by atoms with Crippen LogP contribution < -0.4 is 0 Å². The van der Waals surface area contributed by atoms with E-state index in [1.165, 1.54) is 0 Å². The Hall–Kier alpha value is -1.18. The van der Waals surface area contributed by atoms with E-state index in [0.717, 1.165) is 16.4 Å². The van der Waals surface area contributed by atoms with E-state index in [2.05, 4.69) is 0 Å². The topological polar surface area (TPSA) is 73.1 Å². The van der Waals surface area contributed by atoms with E-state index in [-0.39, 0.29) is 17.2 Å². The number of thioether (sulfide) groups is 2. The second-order valence-corrected chi connectivity index (χ2v) is 7.23. The Morgan fingerprint density at radius 2 is 2.14 bits per heavy atom. The Morgan fingerprint density at radius 3 is 2.81 bits per heavy atom. The van der Waals surface area contributed by atoms with Crippen molar-refractivity contribution in [1.29, 1.82) is 0 Å². The van der Waals surface area contributed by atoms with Crippen LogP contribution in [0.3, 0.4) is 0 Å². The van der Waals surface area contributed by atoms with Crippen LogP contribution in [0, 0.1) is 0 Å². The van der Waals surface area contributed by atoms with E-state index in [9.17, 15) is 15.0 Å². The number of hydrogen-bond acceptors (Lipinski definition) is 6. The molecule has 7 heteroatoms. The maximum absolute atomic E-state index is 11.2. The van der Waals surface area contributed by atoms with Crippen LogP contribution >= 0.6 is 23.5 Å². The lowest BCUT2D eigenvalue weighted by atomic mass is 10.2. The van der Waals surface area contributed by atoms with E-state index >= 15 is 0 Å². The molecule has 2 heterocycles. The van der Waals surface area contributed by atoms with Crippen molar-refractivity contribution in [1.82, 2.24) is 4.90 Å². The van der Waals surface area contributed by atoms with Crippen molar-refractivity contribution in [2.24, 2.45) is 4.99 Å². The summed E-state index contributed by atoms with van der Waals surface area (Å²) in [6.45, 7) is 0. The minimum absolute atomic E-state index is 0.0592. The molecule has 0 radical (unpaired) electrons. The number of carboxylic acids is 1. The highest BCUT2D eigenvalue weighted by molar-refractivity contribution is 8.14. The third-order valence-corrected chi connectivity index (χ3v) is 6.34. The minimum Gasteiger partial charge on any atom is -0.507 e. The van der Waals surface area contributed by atoms with Gasteiger partial charge < -0.3 is 10.2 Å². The summed E-state index contributed by atoms with van der Waals surface area (Å²) in [6, 6.07) is 6.80. The number of rotatable bonds is 3. The Bertz CT molecular complexity index is 593. The zero-order chi connectivity index (χ0) is 15.0. The molecule has 0 amide bonds. The number of aliphatic carboxylic acids is 1. The minimum atomic E-state index is -0.775. The zero-order valence-electron chi connectivity index (χ0n) is 11.5. The van der Waals surface area contributed by atoms with Crippen molar-refractivity contribution in [2.45, 2.75) is 17.5 Å². The first kappa shape index (κ1) is 14.7. The summed E-state index contributed by atoms with van der Waals surface area (Å²) in [4.78, 5) is 17.8. The van der Waals surface area contributed by atoms with Crippen molar-refractivity contribution in [2.75, 3.05) is 18.6 Å². The number of carbonyl (C=O) groups is 1. The molecule has 1 saturated heterocycles. The van der Waals surface area contributed by atoms with E-state index in [1.807, 2.05) is 24.1 Å². The molecule has 0 aromatic heterocycles. The number of phenols is 1. The first-order valence-electron chi connectivity index (χ1n) is 6.63. The largest absolute Gasteiger partial charge is 0.507 e. The van der Waals surface area contributed by atoms with Crippen LogP contribution in [0.5, 0.6) is 5.75 Å². The molecule has 3 atom stereocenters. The number of para-hydroxylation sites is 1. The maximum Gasteiger partial charge on any atom is 0.321 e. The van der Waals surface area contributed by atoms with Gasteiger partial charge in [0, 0.05) is 17.1 Å². The van der Waals surface area contributed by atoms with Crippen LogP contribution in [-0.2, 0) is 4.79 Å². The monoisotopic (exact) mass is 324 g/mol. The summed E-state index contributed by atoms with van der Waals surface area (Å²) in [5, 5.41) is 20.0. The average molecular weight is 324 g/mol. The molecule has 1 aromatic carbocycles. The summed E-state index contributed by atoms with van der Waals surface area (Å²) in [7, 11) is 1.85. The number of hydrogen-bond donors (Lipinski definition) is 2. The van der Waals surface area contributed by atoms with Gasteiger partial charge in [-0.2, -0.15) is 0 Å². The highest BCUT2D eigenvalue weighted by atomic mass is 32.2. The Balaban J connectivity index is 1.78. The SMILES string of the molecule is CN1[C@@H](C2CSC(c3ccccc3O)=N2)SC[C@H]1C(=O)O. The van der Waals surface area contributed by atoms with Crippen molar-refractivity contribution in [3.8, 4) is 5.75 Å². The third kappa shape index (κ3) is 2.77. The summed E-state index contributed by atoms with van der Waals surface area (Å²) in [6.07, 6.45) is 0. The molecule has 21 heavy (non-hydrogen) atoms. The van der Waals surface area contributed by atoms with Crippen molar-refractivity contribution in [3.63, 3.8) is 0 Å². The quantitative estimate of drug-likeness (QED) is 0.882. The lowest BCUT2D eigenvalue weighted by Gasteiger charge is -2.24. The molecule has 3 rings (SSSR count). The number of likely N-dealkylation sites (N-methyl/N-ethyl adjacent to an activating group) is 1. The van der Waals surface area contributed by atoms with Crippen LogP contribution in [-0.4, -0.2) is 62.1 Å². The fourth-order valence-corrected chi connectivity index (χ4v) is 5.33. The fraction of sp³-hybridized carbons (Fsp3) is 0.429. The van der Waals surface area contributed by atoms with Crippen LogP contribution in [0.2, 0.25) is 0 Å². The predicted octanol–water partition coefficient (Wildman–Crippen LogP) is 1.71. The van der Waals surface area contributed by atoms with Gasteiger partial charge in [-0.05, 0) is 19.2 Å². The molecule has 0 aliphatic carbocycles. The predicted molar refractivity (Wildman–Crippen MR) is 86.3 cm³/mol. The molecule has 2 aliphatic rings. The van der Waals surface area contributed by atoms with Gasteiger partial charge in [-0.25, -0.2) is 0 Å². The molecule has 112 valence electrons. The van der Waals surface area contributed by atoms with Crippen LogP contribution in [0.15, 0.2) is 29.3 Å². The molecule has 1 fully saturated rings. The summed E-state index contributed by atoms with van der Waals surface area (Å²) in [5.74, 6) is 0.875. The summed E-state index contributed by atoms with van der Waals surface area (Å²) in [5.41, 5.74) is 0.755. The van der Waals surface area contributed by atoms with Gasteiger partial charge in [-0.15, -0.1) is 23.5 Å². The smallest absolute Gasteiger partial charge is 0.321 e. The van der Waals surface area contributed by atoms with Gasteiger partial charge in [0.15, 0.2) is 0 Å². The van der Waals surface area contributed by atoms with Crippen LogP contribution in [0.1, 0.15) is 5.56 Å². The highest BCUT2D eigenvalue weighted by Gasteiger charge is 2.41. The Morgan fingerprint density at radius 1 is 1.38 bits per heavy atom. The van der Waals surface area contributed by atoms with Crippen LogP contribution in [0.4, 0.5) is 0 Å². The number of nitrogens with zero attached hydrogens (tertiary/aromatic N) is 2. The normalized spacial score (nSPS) is 29.6. The van der Waals surface area contributed by atoms with E-state index in [4.69, 9.17) is 4.99 Å². The van der Waals surface area contributed by atoms with Crippen LogP contribution in [0.25, 0.3) is 0 Å². The summed E-state index contributed by atoms with van der Waals surface area (Å²) >= 11 is 3.27. The average Bonchev–Trinajstić information content (AvgIpc) is 3.05. The van der Waals surface area contributed by atoms with Gasteiger partial charge in [0.2, 0.25) is 0 Å². The lowest BCUT2D eigenvalue weighted by Crippen LogP contribution is -2.42. The van der Waals surface area contributed by atoms with E-state index in [1.54, 1.807) is 35.7 Å². The standard InChI is InChI=1S/C14H16N2O3S2/c1-16-10(14(18)19)7-21-13(16)9-6-20-12(15-9)8-4-2-3-5-11(8)17/h2-5,9-10,13,17H,6-7H2,1H3,(H,18,19)/t9?,10-,13+/m0/s1. The van der Waals surface area contributed by atoms with E-state index < -0.39 is 12.0 Å². The number of aromatic hydroxyl groups is 1. The summed E-state index contributed by atoms with van der Waals surface area (Å²) < 4.78 is 0. The van der Waals surface area contributed by atoms with Crippen molar-refractivity contribution < 1.29 is 15.0 Å². The lowest BCUT2D eigenvalue weighted by molar-refractivity contribution is -0.141. The van der Waals surface area contributed by atoms with Gasteiger partial charge in [-0.1, -0.05) is 12.1 Å². The number of phenolic OH excluding ortho intramolecular Hbond substituents is 1. The molecule has 5 nitrogen and oxygen atoms in total. The van der Waals surface area contributed by atoms with Crippen molar-refractivity contribution >= 4 is 34.5 Å². The Labute approximate surface area is 131 Å². The zero-order valence-corrected chi connectivity index (χ0v) is 13.1. The van der Waals surface area contributed by atoms with Gasteiger partial charge in [0.1, 0.15) is 16.8 Å². The molecule has 0 saturated carbocycles. The number of aliphatic imine (C=N–C) groups is 1. The first-order valence-corrected chi connectivity index (χ1v) is 8.66. The molecule has 2 aliphatic heterocycles. The molecule has 1 unspecified atom stereocenters. The highest BCUT2D eigenvalue weighted by Crippen LogP contribution is 2.37. The second kappa shape index (κ2) is 5.90. The third-order valence-electron chi connectivity index (χ3n) is 3.74. The number of benzene rings is 1. The van der Waals surface area contributed by atoms with Gasteiger partial charge in [0.25, 0.3) is 0 Å². The molecular weight excluding hydrogens is 308 g/mol. The second-order valence-electron chi connectivity index (χ2n) is 5.07.